The summed E-state index contributed by atoms with van der Waals surface area (Å²) in [4.78, 5) is 10.7. The molecule has 0 radical (unpaired) electrons. The molecule has 0 saturated carbocycles. The molecule has 0 saturated heterocycles. The molecule has 3 nitrogen and oxygen atoms in total. The third kappa shape index (κ3) is 3.97. The Balaban J connectivity index is 2.50. The van der Waals surface area contributed by atoms with Gasteiger partial charge in [-0.2, -0.15) is 0 Å². The highest BCUT2D eigenvalue weighted by Crippen LogP contribution is 2.28. The first kappa shape index (κ1) is 13.2. The molecule has 0 unspecified atom stereocenters. The number of hydrogen-bond acceptors (Lipinski definition) is 3. The number of hydrogen-bond donors (Lipinski definition) is 1. The molecule has 0 fully saturated rings. The minimum Gasteiger partial charge on any atom is -0.466 e. The summed E-state index contributed by atoms with van der Waals surface area (Å²) in [6, 6.07) is 0. The van der Waals surface area contributed by atoms with E-state index in [1.165, 1.54) is 6.92 Å². The second-order valence-electron chi connectivity index (χ2n) is 4.87. The van der Waals surface area contributed by atoms with Gasteiger partial charge in [0.1, 0.15) is 0 Å². The van der Waals surface area contributed by atoms with Gasteiger partial charge < -0.3 is 9.84 Å². The summed E-state index contributed by atoms with van der Waals surface area (Å²) in [6.45, 7) is 6.00. The van der Waals surface area contributed by atoms with Crippen molar-refractivity contribution in [2.75, 3.05) is 6.61 Å². The largest absolute Gasteiger partial charge is 0.466 e. The molecule has 92 valence electrons. The molecule has 1 rings (SSSR count). The number of esters is 1. The van der Waals surface area contributed by atoms with E-state index >= 15 is 0 Å². The molecule has 0 heterocycles. The number of allylic oxidation sites excluding steroid dienone is 1. The first-order valence-corrected chi connectivity index (χ1v) is 6.00. The first-order valence-electron chi connectivity index (χ1n) is 6.00. The fourth-order valence-electron chi connectivity index (χ4n) is 2.16. The van der Waals surface area contributed by atoms with Gasteiger partial charge in [-0.05, 0) is 30.6 Å². The summed E-state index contributed by atoms with van der Waals surface area (Å²) < 4.78 is 5.00. The maximum atomic E-state index is 10.7. The predicted molar refractivity (Wildman–Crippen MR) is 62.8 cm³/mol. The van der Waals surface area contributed by atoms with E-state index in [0.29, 0.717) is 12.5 Å². The van der Waals surface area contributed by atoms with Crippen molar-refractivity contribution in [3.63, 3.8) is 0 Å². The molecule has 0 amide bonds. The van der Waals surface area contributed by atoms with E-state index in [-0.39, 0.29) is 17.8 Å². The Morgan fingerprint density at radius 2 is 2.19 bits per heavy atom. The summed E-state index contributed by atoms with van der Waals surface area (Å²) in [7, 11) is 0. The Labute approximate surface area is 97.5 Å². The molecule has 0 aromatic rings. The number of rotatable bonds is 3. The van der Waals surface area contributed by atoms with Gasteiger partial charge in [-0.15, -0.1) is 0 Å². The van der Waals surface area contributed by atoms with E-state index in [9.17, 15) is 9.90 Å². The minimum atomic E-state index is -0.407. The van der Waals surface area contributed by atoms with Crippen LogP contribution in [0.5, 0.6) is 0 Å². The zero-order chi connectivity index (χ0) is 12.1. The second-order valence-corrected chi connectivity index (χ2v) is 4.87. The van der Waals surface area contributed by atoms with Gasteiger partial charge in [-0.3, -0.25) is 4.79 Å². The van der Waals surface area contributed by atoms with E-state index < -0.39 is 6.10 Å². The molecular weight excluding hydrogens is 204 g/mol. The summed E-state index contributed by atoms with van der Waals surface area (Å²) in [5.74, 6) is 0.675. The Morgan fingerprint density at radius 1 is 1.50 bits per heavy atom. The van der Waals surface area contributed by atoms with E-state index in [1.807, 2.05) is 13.0 Å². The molecule has 1 aliphatic rings. The normalized spacial score (nSPS) is 31.9. The van der Waals surface area contributed by atoms with Crippen molar-refractivity contribution in [3.8, 4) is 0 Å². The van der Waals surface area contributed by atoms with Crippen LogP contribution in [0, 0.1) is 17.8 Å². The van der Waals surface area contributed by atoms with Crippen molar-refractivity contribution in [2.45, 2.75) is 39.7 Å². The summed E-state index contributed by atoms with van der Waals surface area (Å²) >= 11 is 0. The molecule has 3 heteroatoms. The number of aliphatic hydroxyl groups excluding tert-OH is 1. The predicted octanol–water partition coefficient (Wildman–Crippen LogP) is 2.15. The topological polar surface area (TPSA) is 46.5 Å². The van der Waals surface area contributed by atoms with Gasteiger partial charge in [0.05, 0.1) is 12.7 Å². The Bertz CT molecular complexity index is 260. The summed E-state index contributed by atoms with van der Waals surface area (Å²) in [5, 5.41) is 9.98. The first-order chi connectivity index (χ1) is 7.50. The average molecular weight is 226 g/mol. The molecule has 0 bridgehead atoms. The molecule has 16 heavy (non-hydrogen) atoms. The molecule has 0 spiro atoms. The van der Waals surface area contributed by atoms with Crippen LogP contribution in [-0.2, 0) is 9.53 Å². The van der Waals surface area contributed by atoms with Gasteiger partial charge in [0.25, 0.3) is 0 Å². The van der Waals surface area contributed by atoms with Gasteiger partial charge in [0, 0.05) is 6.92 Å². The van der Waals surface area contributed by atoms with E-state index in [2.05, 4.69) is 13.0 Å². The van der Waals surface area contributed by atoms with Gasteiger partial charge in [0.2, 0.25) is 0 Å². The van der Waals surface area contributed by atoms with Crippen LogP contribution in [0.3, 0.4) is 0 Å². The standard InChI is InChI=1S/C13H22O3/c1-9-4-6-12(13(15)7-5-9)10(2)8-16-11(3)14/h5,7,9-10,12-13,15H,4,6,8H2,1-3H3/t9-,10+,12-,13-/m0/s1. The smallest absolute Gasteiger partial charge is 0.302 e. The monoisotopic (exact) mass is 226 g/mol. The van der Waals surface area contributed by atoms with Crippen LogP contribution in [0.2, 0.25) is 0 Å². The van der Waals surface area contributed by atoms with Crippen LogP contribution >= 0.6 is 0 Å². The summed E-state index contributed by atoms with van der Waals surface area (Å²) in [6.07, 6.45) is 5.62. The SMILES string of the molecule is CC(=O)OC[C@@H](C)[C@@H]1CC[C@H](C)C=C[C@@H]1O. The molecule has 1 N–H and O–H groups in total. The molecule has 0 aromatic heterocycles. The minimum absolute atomic E-state index is 0.195. The zero-order valence-electron chi connectivity index (χ0n) is 10.3. The van der Waals surface area contributed by atoms with Gasteiger partial charge in [-0.25, -0.2) is 0 Å². The van der Waals surface area contributed by atoms with E-state index in [0.717, 1.165) is 12.8 Å². The van der Waals surface area contributed by atoms with Gasteiger partial charge >= 0.3 is 5.97 Å². The van der Waals surface area contributed by atoms with Crippen LogP contribution in [0.25, 0.3) is 0 Å². The zero-order valence-corrected chi connectivity index (χ0v) is 10.3. The fourth-order valence-corrected chi connectivity index (χ4v) is 2.16. The van der Waals surface area contributed by atoms with Crippen LogP contribution in [0.1, 0.15) is 33.6 Å². The van der Waals surface area contributed by atoms with Gasteiger partial charge in [-0.1, -0.05) is 26.0 Å². The van der Waals surface area contributed by atoms with Crippen molar-refractivity contribution in [1.82, 2.24) is 0 Å². The van der Waals surface area contributed by atoms with Crippen molar-refractivity contribution < 1.29 is 14.6 Å². The van der Waals surface area contributed by atoms with E-state index in [1.54, 1.807) is 0 Å². The van der Waals surface area contributed by atoms with Crippen LogP contribution in [0.4, 0.5) is 0 Å². The quantitative estimate of drug-likeness (QED) is 0.592. The Kier molecular flexibility index (Phi) is 5.00. The highest BCUT2D eigenvalue weighted by atomic mass is 16.5. The number of aliphatic hydroxyl groups is 1. The third-order valence-corrected chi connectivity index (χ3v) is 3.31. The lowest BCUT2D eigenvalue weighted by molar-refractivity contribution is -0.143. The highest BCUT2D eigenvalue weighted by molar-refractivity contribution is 5.65. The molecule has 0 aromatic carbocycles. The Hall–Kier alpha value is -0.830. The van der Waals surface area contributed by atoms with Crippen molar-refractivity contribution in [1.29, 1.82) is 0 Å². The number of carbonyl (C=O) groups is 1. The van der Waals surface area contributed by atoms with Crippen molar-refractivity contribution in [3.05, 3.63) is 12.2 Å². The Morgan fingerprint density at radius 3 is 2.81 bits per heavy atom. The van der Waals surface area contributed by atoms with Crippen LogP contribution in [-0.4, -0.2) is 23.8 Å². The van der Waals surface area contributed by atoms with Crippen molar-refractivity contribution >= 4 is 5.97 Å². The number of carbonyl (C=O) groups excluding carboxylic acids is 1. The average Bonchev–Trinajstić information content (AvgIpc) is 2.38. The number of ether oxygens (including phenoxy) is 1. The second kappa shape index (κ2) is 6.04. The maximum Gasteiger partial charge on any atom is 0.302 e. The van der Waals surface area contributed by atoms with Crippen molar-refractivity contribution in [2.24, 2.45) is 17.8 Å². The van der Waals surface area contributed by atoms with E-state index in [4.69, 9.17) is 4.74 Å². The third-order valence-electron chi connectivity index (χ3n) is 3.31. The van der Waals surface area contributed by atoms with Crippen LogP contribution < -0.4 is 0 Å². The maximum absolute atomic E-state index is 10.7. The van der Waals surface area contributed by atoms with Gasteiger partial charge in [0.15, 0.2) is 0 Å². The highest BCUT2D eigenvalue weighted by Gasteiger charge is 2.26. The van der Waals surface area contributed by atoms with Crippen LogP contribution in [0.15, 0.2) is 12.2 Å². The fraction of sp³-hybridized carbons (Fsp3) is 0.769. The summed E-state index contributed by atoms with van der Waals surface area (Å²) in [5.41, 5.74) is 0. The molecule has 0 aliphatic heterocycles. The lowest BCUT2D eigenvalue weighted by Gasteiger charge is -2.25. The lowest BCUT2D eigenvalue weighted by Crippen LogP contribution is -2.27. The molecule has 1 aliphatic carbocycles. The molecule has 4 atom stereocenters. The molecular formula is C13H22O3. The lowest BCUT2D eigenvalue weighted by atomic mass is 9.86.